The van der Waals surface area contributed by atoms with Crippen LogP contribution in [0.4, 0.5) is 0 Å². The van der Waals surface area contributed by atoms with Crippen molar-refractivity contribution in [2.24, 2.45) is 11.3 Å². The third-order valence-corrected chi connectivity index (χ3v) is 5.35. The first kappa shape index (κ1) is 14.3. The Morgan fingerprint density at radius 1 is 1.22 bits per heavy atom. The first-order chi connectivity index (χ1) is 8.43. The lowest BCUT2D eigenvalue weighted by Gasteiger charge is -2.42. The highest BCUT2D eigenvalue weighted by Crippen LogP contribution is 2.40. The molecule has 1 aliphatic heterocycles. The lowest BCUT2D eigenvalue weighted by molar-refractivity contribution is -0.00319. The summed E-state index contributed by atoms with van der Waals surface area (Å²) in [5.74, 6) is 0.489. The first-order valence-electron chi connectivity index (χ1n) is 7.87. The zero-order valence-electron chi connectivity index (χ0n) is 12.7. The van der Waals surface area contributed by atoms with Gasteiger partial charge in [0.05, 0.1) is 6.10 Å². The smallest absolute Gasteiger partial charge is 0.0581 e. The van der Waals surface area contributed by atoms with Gasteiger partial charge in [-0.15, -0.1) is 0 Å². The van der Waals surface area contributed by atoms with Crippen molar-refractivity contribution in [3.63, 3.8) is 0 Å². The summed E-state index contributed by atoms with van der Waals surface area (Å²) < 4.78 is 0. The van der Waals surface area contributed by atoms with Gasteiger partial charge in [-0.05, 0) is 56.8 Å². The molecule has 4 atom stereocenters. The highest BCUT2D eigenvalue weighted by atomic mass is 16.3. The Bertz CT molecular complexity index is 276. The second-order valence-electron chi connectivity index (χ2n) is 7.42. The predicted molar refractivity (Wildman–Crippen MR) is 76.6 cm³/mol. The van der Waals surface area contributed by atoms with Crippen LogP contribution in [0.3, 0.4) is 0 Å². The third kappa shape index (κ3) is 3.08. The normalized spacial score (nSPS) is 41.2. The number of nitrogens with zero attached hydrogens (tertiary/aromatic N) is 1. The van der Waals surface area contributed by atoms with E-state index in [1.165, 1.54) is 32.1 Å². The van der Waals surface area contributed by atoms with E-state index in [4.69, 9.17) is 0 Å². The van der Waals surface area contributed by atoms with E-state index in [9.17, 15) is 5.11 Å². The quantitative estimate of drug-likeness (QED) is 0.833. The minimum Gasteiger partial charge on any atom is -0.393 e. The second kappa shape index (κ2) is 5.50. The van der Waals surface area contributed by atoms with Crippen LogP contribution in [0.5, 0.6) is 0 Å². The van der Waals surface area contributed by atoms with Crippen LogP contribution < -0.4 is 0 Å². The Kier molecular flexibility index (Phi) is 4.38. The lowest BCUT2D eigenvalue weighted by atomic mass is 9.70. The third-order valence-electron chi connectivity index (χ3n) is 5.35. The molecule has 1 aliphatic carbocycles. The summed E-state index contributed by atoms with van der Waals surface area (Å²) in [5, 5.41) is 10.3. The first-order valence-corrected chi connectivity index (χ1v) is 7.87. The molecule has 1 N–H and O–H groups in total. The van der Waals surface area contributed by atoms with Crippen LogP contribution in [0.25, 0.3) is 0 Å². The molecule has 2 rings (SSSR count). The summed E-state index contributed by atoms with van der Waals surface area (Å²) in [7, 11) is 0. The Hall–Kier alpha value is -0.0800. The van der Waals surface area contributed by atoms with Crippen molar-refractivity contribution in [2.75, 3.05) is 6.54 Å². The fourth-order valence-corrected chi connectivity index (χ4v) is 4.07. The van der Waals surface area contributed by atoms with Gasteiger partial charge in [-0.3, -0.25) is 4.90 Å². The van der Waals surface area contributed by atoms with Crippen LogP contribution in [0.15, 0.2) is 0 Å². The minimum absolute atomic E-state index is 0.0664. The Balaban J connectivity index is 1.98. The summed E-state index contributed by atoms with van der Waals surface area (Å²) >= 11 is 0. The van der Waals surface area contributed by atoms with E-state index in [1.54, 1.807) is 0 Å². The topological polar surface area (TPSA) is 23.5 Å². The molecule has 0 spiro atoms. The molecular formula is C16H31NO. The van der Waals surface area contributed by atoms with Crippen molar-refractivity contribution in [3.8, 4) is 0 Å². The molecule has 0 bridgehead atoms. The standard InChI is InChI=1S/C16H31NO/c1-5-14-7-6-12(2)17(14)11-13-10-16(3,4)9-8-15(13)18/h12-15,18H,5-11H2,1-4H3. The molecule has 0 radical (unpaired) electrons. The Morgan fingerprint density at radius 3 is 2.61 bits per heavy atom. The van der Waals surface area contributed by atoms with Gasteiger partial charge in [-0.1, -0.05) is 20.8 Å². The van der Waals surface area contributed by atoms with Gasteiger partial charge >= 0.3 is 0 Å². The average molecular weight is 253 g/mol. The fraction of sp³-hybridized carbons (Fsp3) is 1.00. The molecule has 2 fully saturated rings. The van der Waals surface area contributed by atoms with E-state index < -0.39 is 0 Å². The Morgan fingerprint density at radius 2 is 1.94 bits per heavy atom. The van der Waals surface area contributed by atoms with Gasteiger partial charge in [0.1, 0.15) is 0 Å². The number of likely N-dealkylation sites (tertiary alicyclic amines) is 1. The van der Waals surface area contributed by atoms with E-state index in [-0.39, 0.29) is 6.10 Å². The van der Waals surface area contributed by atoms with Crippen LogP contribution in [0, 0.1) is 11.3 Å². The van der Waals surface area contributed by atoms with Crippen molar-refractivity contribution in [1.29, 1.82) is 0 Å². The maximum Gasteiger partial charge on any atom is 0.0581 e. The van der Waals surface area contributed by atoms with E-state index in [2.05, 4.69) is 32.6 Å². The van der Waals surface area contributed by atoms with Crippen molar-refractivity contribution in [3.05, 3.63) is 0 Å². The highest BCUT2D eigenvalue weighted by Gasteiger charge is 2.38. The molecule has 1 heterocycles. The zero-order chi connectivity index (χ0) is 13.3. The van der Waals surface area contributed by atoms with Crippen LogP contribution >= 0.6 is 0 Å². The SMILES string of the molecule is CCC1CCC(C)N1CC1CC(C)(C)CCC1O. The van der Waals surface area contributed by atoms with Gasteiger partial charge in [-0.2, -0.15) is 0 Å². The van der Waals surface area contributed by atoms with E-state index in [0.717, 1.165) is 19.0 Å². The molecule has 2 aliphatic rings. The molecule has 0 aromatic carbocycles. The van der Waals surface area contributed by atoms with E-state index >= 15 is 0 Å². The molecule has 18 heavy (non-hydrogen) atoms. The van der Waals surface area contributed by atoms with Gasteiger partial charge in [0, 0.05) is 18.6 Å². The molecule has 0 aromatic heterocycles. The molecule has 4 unspecified atom stereocenters. The summed E-state index contributed by atoms with van der Waals surface area (Å²) in [4.78, 5) is 2.68. The van der Waals surface area contributed by atoms with E-state index in [1.807, 2.05) is 0 Å². The number of aliphatic hydroxyl groups excluding tert-OH is 1. The van der Waals surface area contributed by atoms with Gasteiger partial charge < -0.3 is 5.11 Å². The van der Waals surface area contributed by atoms with Crippen molar-refractivity contribution in [2.45, 2.75) is 84.4 Å². The molecule has 1 saturated heterocycles. The molecule has 106 valence electrons. The number of rotatable bonds is 3. The van der Waals surface area contributed by atoms with Crippen molar-refractivity contribution < 1.29 is 5.11 Å². The largest absolute Gasteiger partial charge is 0.393 e. The second-order valence-corrected chi connectivity index (χ2v) is 7.42. The molecule has 2 nitrogen and oxygen atoms in total. The molecule has 2 heteroatoms. The predicted octanol–water partition coefficient (Wildman–Crippen LogP) is 3.44. The van der Waals surface area contributed by atoms with Crippen molar-refractivity contribution >= 4 is 0 Å². The van der Waals surface area contributed by atoms with Crippen LogP contribution in [0.2, 0.25) is 0 Å². The van der Waals surface area contributed by atoms with Crippen LogP contribution in [-0.4, -0.2) is 34.7 Å². The summed E-state index contributed by atoms with van der Waals surface area (Å²) in [6.45, 7) is 10.5. The van der Waals surface area contributed by atoms with Crippen LogP contribution in [0.1, 0.15) is 66.2 Å². The van der Waals surface area contributed by atoms with Crippen LogP contribution in [-0.2, 0) is 0 Å². The summed E-state index contributed by atoms with van der Waals surface area (Å²) in [6, 6.07) is 1.48. The summed E-state index contributed by atoms with van der Waals surface area (Å²) in [5.41, 5.74) is 0.425. The number of hydrogen-bond donors (Lipinski definition) is 1. The van der Waals surface area contributed by atoms with Gasteiger partial charge in [-0.25, -0.2) is 0 Å². The van der Waals surface area contributed by atoms with Gasteiger partial charge in [0.2, 0.25) is 0 Å². The number of hydrogen-bond acceptors (Lipinski definition) is 2. The fourth-order valence-electron chi connectivity index (χ4n) is 4.07. The zero-order valence-corrected chi connectivity index (χ0v) is 12.7. The molecule has 0 aromatic rings. The van der Waals surface area contributed by atoms with Gasteiger partial charge in [0.25, 0.3) is 0 Å². The maximum absolute atomic E-state index is 10.3. The lowest BCUT2D eigenvalue weighted by Crippen LogP contribution is -2.44. The molecular weight excluding hydrogens is 222 g/mol. The molecule has 0 amide bonds. The monoisotopic (exact) mass is 253 g/mol. The average Bonchev–Trinajstić information content (AvgIpc) is 2.65. The molecule has 1 saturated carbocycles. The number of aliphatic hydroxyl groups is 1. The Labute approximate surface area is 113 Å². The summed E-state index contributed by atoms with van der Waals surface area (Å²) in [6.07, 6.45) is 7.25. The van der Waals surface area contributed by atoms with Crippen molar-refractivity contribution in [1.82, 2.24) is 4.90 Å². The van der Waals surface area contributed by atoms with Gasteiger partial charge in [0.15, 0.2) is 0 Å². The maximum atomic E-state index is 10.3. The highest BCUT2D eigenvalue weighted by molar-refractivity contribution is 4.91. The van der Waals surface area contributed by atoms with E-state index in [0.29, 0.717) is 17.4 Å². The minimum atomic E-state index is -0.0664.